The Kier molecular flexibility index (Phi) is 6.55. The Morgan fingerprint density at radius 2 is 1.93 bits per heavy atom. The lowest BCUT2D eigenvalue weighted by atomic mass is 9.75. The molecule has 1 atom stereocenters. The molecule has 3 aromatic rings. The van der Waals surface area contributed by atoms with Gasteiger partial charge in [0.1, 0.15) is 35.2 Å². The third-order valence-corrected chi connectivity index (χ3v) is 10.3. The Morgan fingerprint density at radius 3 is 2.70 bits per heavy atom. The number of nitrogens with zero attached hydrogens (tertiary/aromatic N) is 5. The van der Waals surface area contributed by atoms with Crippen LogP contribution in [-0.2, 0) is 23.0 Å². The van der Waals surface area contributed by atoms with Crippen LogP contribution in [0.3, 0.4) is 0 Å². The summed E-state index contributed by atoms with van der Waals surface area (Å²) in [5.41, 5.74) is 18.0. The van der Waals surface area contributed by atoms with Crippen molar-refractivity contribution in [2.45, 2.75) is 51.1 Å². The molecule has 2 aliphatic heterocycles. The first kappa shape index (κ1) is 26.7. The second kappa shape index (κ2) is 9.83. The van der Waals surface area contributed by atoms with Crippen LogP contribution in [0.25, 0.3) is 17.2 Å². The van der Waals surface area contributed by atoms with Crippen LogP contribution in [0.2, 0.25) is 0 Å². The summed E-state index contributed by atoms with van der Waals surface area (Å²) in [6, 6.07) is 7.32. The van der Waals surface area contributed by atoms with E-state index >= 15 is 0 Å². The van der Waals surface area contributed by atoms with Crippen molar-refractivity contribution in [1.82, 2.24) is 19.3 Å². The van der Waals surface area contributed by atoms with Gasteiger partial charge in [-0.1, -0.05) is 25.5 Å². The van der Waals surface area contributed by atoms with Crippen LogP contribution >= 0.6 is 0 Å². The van der Waals surface area contributed by atoms with Crippen molar-refractivity contribution >= 4 is 27.7 Å². The fourth-order valence-electron chi connectivity index (χ4n) is 5.65. The normalized spacial score (nSPS) is 20.8. The lowest BCUT2D eigenvalue weighted by Gasteiger charge is -2.33. The number of pyridine rings is 1. The summed E-state index contributed by atoms with van der Waals surface area (Å²) in [6.45, 7) is 9.10. The topological polar surface area (TPSA) is 141 Å². The highest BCUT2D eigenvalue weighted by Gasteiger charge is 2.33. The van der Waals surface area contributed by atoms with Crippen molar-refractivity contribution in [1.29, 1.82) is 0 Å². The zero-order valence-electron chi connectivity index (χ0n) is 23.1. The molecule has 40 heavy (non-hydrogen) atoms. The van der Waals surface area contributed by atoms with E-state index in [4.69, 9.17) is 21.2 Å². The second-order valence-electron chi connectivity index (χ2n) is 11.6. The van der Waals surface area contributed by atoms with Crippen LogP contribution in [-0.4, -0.2) is 60.0 Å². The highest BCUT2D eigenvalue weighted by Crippen LogP contribution is 2.41. The van der Waals surface area contributed by atoms with Gasteiger partial charge in [0.2, 0.25) is 10.0 Å². The number of hydrogen-bond donors (Lipinski definition) is 2. The van der Waals surface area contributed by atoms with Gasteiger partial charge in [-0.25, -0.2) is 23.4 Å². The van der Waals surface area contributed by atoms with Gasteiger partial charge in [0.15, 0.2) is 0 Å². The van der Waals surface area contributed by atoms with Gasteiger partial charge in [0, 0.05) is 48.6 Å². The van der Waals surface area contributed by atoms with E-state index in [1.54, 1.807) is 18.6 Å². The minimum absolute atomic E-state index is 0.00509. The number of nitrogen functional groups attached to an aromatic ring is 1. The van der Waals surface area contributed by atoms with Crippen molar-refractivity contribution in [3.63, 3.8) is 0 Å². The third-order valence-electron chi connectivity index (χ3n) is 8.36. The molecule has 210 valence electrons. The smallest absolute Gasteiger partial charge is 0.246 e. The molecule has 1 saturated heterocycles. The zero-order valence-corrected chi connectivity index (χ0v) is 23.9. The van der Waals surface area contributed by atoms with E-state index in [0.29, 0.717) is 38.2 Å². The maximum Gasteiger partial charge on any atom is 0.246 e. The van der Waals surface area contributed by atoms with Crippen molar-refractivity contribution in [3.05, 3.63) is 59.2 Å². The fourth-order valence-corrected chi connectivity index (χ4v) is 7.25. The quantitative estimate of drug-likeness (QED) is 0.491. The van der Waals surface area contributed by atoms with Gasteiger partial charge in [0.05, 0.1) is 12.2 Å². The van der Waals surface area contributed by atoms with Gasteiger partial charge in [-0.05, 0) is 55.0 Å². The van der Waals surface area contributed by atoms with Gasteiger partial charge < -0.3 is 21.1 Å². The van der Waals surface area contributed by atoms with E-state index in [1.165, 1.54) is 9.88 Å². The number of ether oxygens (including phenoxy) is 1. The zero-order chi connectivity index (χ0) is 28.2. The Labute approximate surface area is 235 Å². The van der Waals surface area contributed by atoms with Gasteiger partial charge in [0.25, 0.3) is 0 Å². The summed E-state index contributed by atoms with van der Waals surface area (Å²) in [6.07, 6.45) is 6.89. The number of allylic oxidation sites excluding steroid dienone is 1. The minimum atomic E-state index is -3.81. The SMILES string of the molecule is CC1=Cc2ncnc(N3CCOc4ccc(-c5cnc(N)c(S(=O)(=O)N6CC[C@@H](N)C6)c5)cc4C3)c2CC1(C)C. The lowest BCUT2D eigenvalue weighted by molar-refractivity contribution is 0.331. The predicted octanol–water partition coefficient (Wildman–Crippen LogP) is 3.23. The van der Waals surface area contributed by atoms with E-state index in [1.807, 2.05) is 18.2 Å². The number of hydrogen-bond acceptors (Lipinski definition) is 9. The van der Waals surface area contributed by atoms with Gasteiger partial charge in [-0.2, -0.15) is 4.31 Å². The molecule has 0 radical (unpaired) electrons. The van der Waals surface area contributed by atoms with Gasteiger partial charge >= 0.3 is 0 Å². The van der Waals surface area contributed by atoms with E-state index in [2.05, 4.69) is 41.7 Å². The Morgan fingerprint density at radius 1 is 1.10 bits per heavy atom. The molecule has 1 fully saturated rings. The molecule has 4 heterocycles. The van der Waals surface area contributed by atoms with Crippen LogP contribution < -0.4 is 21.1 Å². The molecule has 1 aliphatic carbocycles. The van der Waals surface area contributed by atoms with Gasteiger partial charge in [-0.3, -0.25) is 0 Å². The van der Waals surface area contributed by atoms with Crippen LogP contribution in [0.1, 0.15) is 44.0 Å². The third kappa shape index (κ3) is 4.71. The number of sulfonamides is 1. The van der Waals surface area contributed by atoms with Crippen LogP contribution in [0, 0.1) is 5.41 Å². The lowest BCUT2D eigenvalue weighted by Crippen LogP contribution is -2.32. The minimum Gasteiger partial charge on any atom is -0.491 e. The molecular formula is C29H35N7O3S. The molecule has 6 rings (SSSR count). The van der Waals surface area contributed by atoms with Crippen molar-refractivity contribution in [2.75, 3.05) is 36.9 Å². The van der Waals surface area contributed by atoms with Crippen LogP contribution in [0.4, 0.5) is 11.6 Å². The molecule has 1 aromatic carbocycles. The van der Waals surface area contributed by atoms with Crippen molar-refractivity contribution in [2.24, 2.45) is 11.1 Å². The molecule has 2 aromatic heterocycles. The molecule has 3 aliphatic rings. The van der Waals surface area contributed by atoms with Crippen LogP contribution in [0.5, 0.6) is 5.75 Å². The van der Waals surface area contributed by atoms with E-state index in [0.717, 1.165) is 40.4 Å². The number of nitrogens with two attached hydrogens (primary N) is 2. The standard InChI is InChI=1S/C29H35N7O3S/c1-18-10-24-23(13-29(18,2)3)28(34-17-33-24)35-8-9-39-25-5-4-19(11-21(25)15-35)20-12-26(27(31)32-14-20)40(37,38)36-7-6-22(30)16-36/h4-5,10-12,14,17,22H,6-9,13,15-16,30H2,1-3H3,(H2,31,32)/t22-/m1/s1. The number of fused-ring (bicyclic) bond motifs is 2. The molecule has 0 spiro atoms. The van der Waals surface area contributed by atoms with E-state index in [9.17, 15) is 8.42 Å². The summed E-state index contributed by atoms with van der Waals surface area (Å²) in [7, 11) is -3.81. The molecule has 4 N–H and O–H groups in total. The number of benzene rings is 1. The Balaban J connectivity index is 1.34. The largest absolute Gasteiger partial charge is 0.491 e. The van der Waals surface area contributed by atoms with E-state index < -0.39 is 10.0 Å². The van der Waals surface area contributed by atoms with Crippen molar-refractivity contribution < 1.29 is 13.2 Å². The average molecular weight is 562 g/mol. The van der Waals surface area contributed by atoms with Crippen LogP contribution in [0.15, 0.2) is 47.3 Å². The maximum atomic E-state index is 13.4. The molecule has 0 amide bonds. The molecule has 11 heteroatoms. The Hall–Kier alpha value is -3.54. The Bertz CT molecular complexity index is 1620. The molecule has 0 bridgehead atoms. The highest BCUT2D eigenvalue weighted by atomic mass is 32.2. The van der Waals surface area contributed by atoms with Crippen molar-refractivity contribution in [3.8, 4) is 16.9 Å². The molecule has 10 nitrogen and oxygen atoms in total. The molecular weight excluding hydrogens is 526 g/mol. The summed E-state index contributed by atoms with van der Waals surface area (Å²) in [5, 5.41) is 0. The van der Waals surface area contributed by atoms with E-state index in [-0.39, 0.29) is 28.7 Å². The highest BCUT2D eigenvalue weighted by molar-refractivity contribution is 7.89. The number of anilines is 2. The first-order valence-electron chi connectivity index (χ1n) is 13.6. The summed E-state index contributed by atoms with van der Waals surface area (Å²) in [5.74, 6) is 1.71. The second-order valence-corrected chi connectivity index (χ2v) is 13.5. The first-order chi connectivity index (χ1) is 19.0. The average Bonchev–Trinajstić information content (AvgIpc) is 3.25. The number of rotatable bonds is 4. The monoisotopic (exact) mass is 561 g/mol. The number of aromatic nitrogens is 3. The summed E-state index contributed by atoms with van der Waals surface area (Å²) < 4.78 is 34.2. The summed E-state index contributed by atoms with van der Waals surface area (Å²) in [4.78, 5) is 15.8. The maximum absolute atomic E-state index is 13.4. The molecule has 0 unspecified atom stereocenters. The predicted molar refractivity (Wildman–Crippen MR) is 155 cm³/mol. The van der Waals surface area contributed by atoms with Gasteiger partial charge in [-0.15, -0.1) is 0 Å². The summed E-state index contributed by atoms with van der Waals surface area (Å²) >= 11 is 0. The fraction of sp³-hybridized carbons (Fsp3) is 0.414. The molecule has 0 saturated carbocycles. The first-order valence-corrected chi connectivity index (χ1v) is 15.0.